The van der Waals surface area contributed by atoms with Crippen molar-refractivity contribution in [3.8, 4) is 5.75 Å². The standard InChI is InChI=1S/C17H27O.C4H6O7S.K/c1-3-5-6-7-8-10-13-16(4-2)18-17-14-11-9-12-15-17;5-3(6)1-2(4(7)8)12(9,10)11;/h9,11-12,14-16H,2-8,10,13H2,1H3;2H,1H2,(H,5,6)(H,7,8)(H,9,10,11);/q-1;;+1. The number of unbranched alkanes of at least 4 members (excludes halogenated alkanes) is 5. The van der Waals surface area contributed by atoms with Crippen LogP contribution in [0.25, 0.3) is 0 Å². The smallest absolute Gasteiger partial charge is 0.493 e. The van der Waals surface area contributed by atoms with E-state index in [0.29, 0.717) is 0 Å². The first-order valence-electron chi connectivity index (χ1n) is 10.0. The Morgan fingerprint density at radius 1 is 1.03 bits per heavy atom. The van der Waals surface area contributed by atoms with Crippen LogP contribution >= 0.6 is 0 Å². The number of para-hydroxylation sites is 1. The number of carboxylic acids is 2. The Kier molecular flexibility index (Phi) is 20.1. The summed E-state index contributed by atoms with van der Waals surface area (Å²) in [5.41, 5.74) is 0. The number of hydrogen-bond donors (Lipinski definition) is 3. The first-order chi connectivity index (χ1) is 14.1. The number of carboxylic acid groups (broad SMARTS) is 2. The van der Waals surface area contributed by atoms with Crippen LogP contribution in [0.4, 0.5) is 0 Å². The molecule has 2 atom stereocenters. The number of carbonyl (C=O) groups is 2. The molecule has 1 rings (SSSR count). The molecule has 0 aliphatic rings. The van der Waals surface area contributed by atoms with E-state index in [-0.39, 0.29) is 57.5 Å². The van der Waals surface area contributed by atoms with Gasteiger partial charge in [-0.2, -0.15) is 8.42 Å². The molecule has 8 nitrogen and oxygen atoms in total. The summed E-state index contributed by atoms with van der Waals surface area (Å²) in [6.45, 7) is 6.24. The van der Waals surface area contributed by atoms with Crippen LogP contribution in [0.5, 0.6) is 5.75 Å². The van der Waals surface area contributed by atoms with Crippen LogP contribution in [0.15, 0.2) is 30.3 Å². The van der Waals surface area contributed by atoms with Gasteiger partial charge in [-0.05, 0) is 25.0 Å². The SMILES string of the molecule is O=C(O)CC(C(=O)O)S(=O)(=O)O.[CH2-]CC(CCCCCCCC)Oc1ccccc1.[K+]. The first kappa shape index (κ1) is 32.7. The molecule has 0 aliphatic heterocycles. The molecule has 0 fully saturated rings. The Morgan fingerprint density at radius 2 is 1.58 bits per heavy atom. The third-order valence-corrected chi connectivity index (χ3v) is 5.33. The zero-order chi connectivity index (χ0) is 23.0. The van der Waals surface area contributed by atoms with Crippen LogP contribution in [0.3, 0.4) is 0 Å². The summed E-state index contributed by atoms with van der Waals surface area (Å²) in [5, 5.41) is 13.9. The Balaban J connectivity index is 0. The molecule has 0 amide bonds. The first-order valence-corrected chi connectivity index (χ1v) is 11.5. The molecule has 3 N–H and O–H groups in total. The van der Waals surface area contributed by atoms with Gasteiger partial charge in [0.25, 0.3) is 10.1 Å². The summed E-state index contributed by atoms with van der Waals surface area (Å²) >= 11 is 0. The van der Waals surface area contributed by atoms with Gasteiger partial charge in [0.05, 0.1) is 12.5 Å². The number of benzene rings is 1. The molecular formula is C21H33KO8S. The zero-order valence-corrected chi connectivity index (χ0v) is 22.3. The average molecular weight is 485 g/mol. The van der Waals surface area contributed by atoms with Crippen LogP contribution in [-0.4, -0.2) is 46.5 Å². The third kappa shape index (κ3) is 17.7. The molecule has 172 valence electrons. The van der Waals surface area contributed by atoms with Gasteiger partial charge >= 0.3 is 63.3 Å². The maximum absolute atomic E-state index is 10.2. The van der Waals surface area contributed by atoms with Gasteiger partial charge in [0.1, 0.15) is 5.75 Å². The fraction of sp³-hybridized carbons (Fsp3) is 0.571. The van der Waals surface area contributed by atoms with E-state index in [0.717, 1.165) is 18.6 Å². The van der Waals surface area contributed by atoms with Gasteiger partial charge in [-0.1, -0.05) is 57.2 Å². The van der Waals surface area contributed by atoms with Crippen LogP contribution in [0.2, 0.25) is 0 Å². The van der Waals surface area contributed by atoms with E-state index in [4.69, 9.17) is 19.5 Å². The van der Waals surface area contributed by atoms with Crippen molar-refractivity contribution in [1.82, 2.24) is 0 Å². The van der Waals surface area contributed by atoms with Gasteiger partial charge in [0.2, 0.25) is 0 Å². The van der Waals surface area contributed by atoms with Crippen molar-refractivity contribution in [2.24, 2.45) is 0 Å². The molecule has 0 saturated carbocycles. The second-order valence-corrected chi connectivity index (χ2v) is 8.44. The van der Waals surface area contributed by atoms with Gasteiger partial charge in [-0.25, -0.2) is 0 Å². The van der Waals surface area contributed by atoms with Crippen LogP contribution in [0, 0.1) is 6.92 Å². The van der Waals surface area contributed by atoms with Crippen molar-refractivity contribution < 1.29 is 88.9 Å². The monoisotopic (exact) mass is 484 g/mol. The van der Waals surface area contributed by atoms with Gasteiger partial charge < -0.3 is 21.9 Å². The Hall–Kier alpha value is -0.494. The summed E-state index contributed by atoms with van der Waals surface area (Å²) in [6.07, 6.45) is 9.12. The molecular weight excluding hydrogens is 451 g/mol. The van der Waals surface area contributed by atoms with E-state index >= 15 is 0 Å². The molecule has 0 aliphatic carbocycles. The minimum atomic E-state index is -4.84. The maximum Gasteiger partial charge on any atom is 1.00 e. The summed E-state index contributed by atoms with van der Waals surface area (Å²) in [4.78, 5) is 20.0. The topological polar surface area (TPSA) is 138 Å². The van der Waals surface area contributed by atoms with E-state index in [1.807, 2.05) is 30.3 Å². The van der Waals surface area contributed by atoms with Crippen LogP contribution in [0.1, 0.15) is 64.7 Å². The van der Waals surface area contributed by atoms with E-state index in [2.05, 4.69) is 13.8 Å². The van der Waals surface area contributed by atoms with Crippen molar-refractivity contribution in [2.45, 2.75) is 76.1 Å². The predicted octanol–water partition coefficient (Wildman–Crippen LogP) is 1.21. The summed E-state index contributed by atoms with van der Waals surface area (Å²) in [5.74, 6) is -2.53. The largest absolute Gasteiger partial charge is 1.00 e. The number of rotatable bonds is 14. The molecule has 0 spiro atoms. The van der Waals surface area contributed by atoms with E-state index in [9.17, 15) is 18.0 Å². The third-order valence-electron chi connectivity index (χ3n) is 4.24. The number of hydrogen-bond acceptors (Lipinski definition) is 5. The second kappa shape index (κ2) is 19.0. The summed E-state index contributed by atoms with van der Waals surface area (Å²) in [6, 6.07) is 10.1. The predicted molar refractivity (Wildman–Crippen MR) is 114 cm³/mol. The van der Waals surface area contributed by atoms with Crippen molar-refractivity contribution in [3.63, 3.8) is 0 Å². The van der Waals surface area contributed by atoms with Gasteiger partial charge in [0, 0.05) is 0 Å². The molecule has 0 saturated heterocycles. The summed E-state index contributed by atoms with van der Waals surface area (Å²) < 4.78 is 34.6. The van der Waals surface area contributed by atoms with Crippen molar-refractivity contribution in [1.29, 1.82) is 0 Å². The van der Waals surface area contributed by atoms with E-state index in [1.165, 1.54) is 38.5 Å². The van der Waals surface area contributed by atoms with Crippen molar-refractivity contribution in [3.05, 3.63) is 37.3 Å². The van der Waals surface area contributed by atoms with Crippen molar-refractivity contribution in [2.75, 3.05) is 0 Å². The van der Waals surface area contributed by atoms with E-state index < -0.39 is 33.7 Å². The Labute approximate surface area is 227 Å². The zero-order valence-electron chi connectivity index (χ0n) is 18.4. The van der Waals surface area contributed by atoms with Gasteiger partial charge in [-0.15, -0.1) is 6.42 Å². The molecule has 0 radical (unpaired) electrons. The normalized spacial score (nSPS) is 12.5. The quantitative estimate of drug-likeness (QED) is 0.155. The molecule has 0 bridgehead atoms. The molecule has 10 heteroatoms. The summed E-state index contributed by atoms with van der Waals surface area (Å²) in [7, 11) is -4.84. The molecule has 31 heavy (non-hydrogen) atoms. The molecule has 1 aromatic carbocycles. The number of ether oxygens (including phenoxy) is 1. The minimum Gasteiger partial charge on any atom is -0.493 e. The molecule has 1 aromatic rings. The maximum atomic E-state index is 10.2. The Bertz CT molecular complexity index is 709. The molecule has 2 unspecified atom stereocenters. The van der Waals surface area contributed by atoms with Crippen molar-refractivity contribution >= 4 is 22.1 Å². The second-order valence-electron chi connectivity index (χ2n) is 6.84. The minimum absolute atomic E-state index is 0. The molecule has 0 heterocycles. The fourth-order valence-corrected chi connectivity index (χ4v) is 3.19. The molecule has 0 aromatic heterocycles. The van der Waals surface area contributed by atoms with Gasteiger partial charge in [0.15, 0.2) is 5.25 Å². The van der Waals surface area contributed by atoms with Gasteiger partial charge in [-0.3, -0.25) is 14.1 Å². The Morgan fingerprint density at radius 3 is 2.00 bits per heavy atom. The fourth-order valence-electron chi connectivity index (χ4n) is 2.58. The van der Waals surface area contributed by atoms with Crippen LogP contribution in [-0.2, 0) is 19.7 Å². The average Bonchev–Trinajstić information content (AvgIpc) is 2.68. The van der Waals surface area contributed by atoms with E-state index in [1.54, 1.807) is 0 Å². The van der Waals surface area contributed by atoms with Crippen LogP contribution < -0.4 is 56.1 Å². The number of aliphatic carboxylic acids is 2.